The number of carboxylic acid groups (broad SMARTS) is 1. The van der Waals surface area contributed by atoms with Crippen molar-refractivity contribution in [3.63, 3.8) is 0 Å². The van der Waals surface area contributed by atoms with Crippen molar-refractivity contribution in [2.45, 2.75) is 0 Å². The monoisotopic (exact) mass is 263 g/mol. The van der Waals surface area contributed by atoms with Crippen LogP contribution in [0.4, 0.5) is 4.39 Å². The molecule has 0 aliphatic rings. The number of hydrogen-bond donors (Lipinski definition) is 1. The molecular formula is C11H6FN3O2S. The van der Waals surface area contributed by atoms with Crippen LogP contribution in [0.2, 0.25) is 0 Å². The van der Waals surface area contributed by atoms with Gasteiger partial charge in [-0.2, -0.15) is 9.50 Å². The second-order valence-corrected chi connectivity index (χ2v) is 4.40. The van der Waals surface area contributed by atoms with Gasteiger partial charge in [0.25, 0.3) is 0 Å². The highest BCUT2D eigenvalue weighted by Crippen LogP contribution is 2.21. The Labute approximate surface area is 104 Å². The number of carbonyl (C=O) groups is 1. The lowest BCUT2D eigenvalue weighted by molar-refractivity contribution is 0.0688. The fourth-order valence-corrected chi connectivity index (χ4v) is 2.38. The Morgan fingerprint density at radius 3 is 3.00 bits per heavy atom. The summed E-state index contributed by atoms with van der Waals surface area (Å²) < 4.78 is 14.3. The molecule has 1 N–H and O–H groups in total. The van der Waals surface area contributed by atoms with Crippen LogP contribution in [-0.2, 0) is 0 Å². The van der Waals surface area contributed by atoms with Crippen LogP contribution < -0.4 is 0 Å². The van der Waals surface area contributed by atoms with E-state index in [0.717, 1.165) is 0 Å². The molecule has 1 aromatic carbocycles. The second-order valence-electron chi connectivity index (χ2n) is 3.57. The Morgan fingerprint density at radius 1 is 1.44 bits per heavy atom. The van der Waals surface area contributed by atoms with Crippen molar-refractivity contribution >= 4 is 22.3 Å². The smallest absolute Gasteiger partial charge is 0.355 e. The van der Waals surface area contributed by atoms with E-state index in [0.29, 0.717) is 16.3 Å². The molecule has 3 aromatic rings. The van der Waals surface area contributed by atoms with E-state index in [4.69, 9.17) is 5.11 Å². The average Bonchev–Trinajstić information content (AvgIpc) is 2.87. The highest BCUT2D eigenvalue weighted by molar-refractivity contribution is 7.15. The van der Waals surface area contributed by atoms with Gasteiger partial charge in [0.15, 0.2) is 11.5 Å². The Morgan fingerprint density at radius 2 is 2.28 bits per heavy atom. The molecule has 3 rings (SSSR count). The maximum absolute atomic E-state index is 13.1. The number of hydrogen-bond acceptors (Lipinski definition) is 4. The summed E-state index contributed by atoms with van der Waals surface area (Å²) in [4.78, 5) is 15.6. The third-order valence-electron chi connectivity index (χ3n) is 2.38. The van der Waals surface area contributed by atoms with Crippen LogP contribution in [0.3, 0.4) is 0 Å². The van der Waals surface area contributed by atoms with Crippen molar-refractivity contribution in [1.82, 2.24) is 14.6 Å². The summed E-state index contributed by atoms with van der Waals surface area (Å²) in [5.74, 6) is -1.15. The molecule has 0 unspecified atom stereocenters. The lowest BCUT2D eigenvalue weighted by Crippen LogP contribution is -2.01. The van der Waals surface area contributed by atoms with Crippen molar-refractivity contribution < 1.29 is 14.3 Å². The molecular weight excluding hydrogens is 257 g/mol. The van der Waals surface area contributed by atoms with E-state index in [1.807, 2.05) is 0 Å². The van der Waals surface area contributed by atoms with E-state index in [1.165, 1.54) is 33.4 Å². The van der Waals surface area contributed by atoms with Crippen LogP contribution in [0, 0.1) is 5.82 Å². The molecule has 0 saturated carbocycles. The number of halogens is 1. The van der Waals surface area contributed by atoms with Gasteiger partial charge in [0, 0.05) is 10.9 Å². The predicted octanol–water partition coefficient (Wildman–Crippen LogP) is 2.30. The summed E-state index contributed by atoms with van der Waals surface area (Å²) >= 11 is 1.18. The third-order valence-corrected chi connectivity index (χ3v) is 3.20. The minimum Gasteiger partial charge on any atom is -0.476 e. The zero-order chi connectivity index (χ0) is 12.7. The SMILES string of the molecule is O=C(O)c1csc2nc(-c3cccc(F)c3)nn12. The largest absolute Gasteiger partial charge is 0.476 e. The quantitative estimate of drug-likeness (QED) is 0.770. The summed E-state index contributed by atoms with van der Waals surface area (Å²) in [5, 5.41) is 14.5. The van der Waals surface area contributed by atoms with Gasteiger partial charge < -0.3 is 5.11 Å². The van der Waals surface area contributed by atoms with Gasteiger partial charge in [0.05, 0.1) is 0 Å². The highest BCUT2D eigenvalue weighted by Gasteiger charge is 2.15. The Balaban J connectivity index is 2.17. The van der Waals surface area contributed by atoms with Crippen LogP contribution in [0.15, 0.2) is 29.6 Å². The first-order valence-electron chi connectivity index (χ1n) is 4.98. The first-order chi connectivity index (χ1) is 8.65. The number of benzene rings is 1. The van der Waals surface area contributed by atoms with E-state index in [2.05, 4.69) is 10.1 Å². The first kappa shape index (κ1) is 10.8. The molecule has 0 atom stereocenters. The fourth-order valence-electron chi connectivity index (χ4n) is 1.58. The summed E-state index contributed by atoms with van der Waals surface area (Å²) in [7, 11) is 0. The van der Waals surface area contributed by atoms with E-state index in [9.17, 15) is 9.18 Å². The topological polar surface area (TPSA) is 67.5 Å². The molecule has 18 heavy (non-hydrogen) atoms. The molecule has 0 amide bonds. The number of thiazole rings is 1. The van der Waals surface area contributed by atoms with E-state index in [1.54, 1.807) is 12.1 Å². The van der Waals surface area contributed by atoms with Crippen LogP contribution in [-0.4, -0.2) is 25.7 Å². The zero-order valence-electron chi connectivity index (χ0n) is 8.87. The van der Waals surface area contributed by atoms with Crippen LogP contribution in [0.1, 0.15) is 10.5 Å². The summed E-state index contributed by atoms with van der Waals surface area (Å²) in [6.45, 7) is 0. The second kappa shape index (κ2) is 3.88. The standard InChI is InChI=1S/C11H6FN3O2S/c12-7-3-1-2-6(4-7)9-13-11-15(14-9)8(5-18-11)10(16)17/h1-5H,(H,16,17). The van der Waals surface area contributed by atoms with Crippen molar-refractivity contribution in [3.05, 3.63) is 41.2 Å². The van der Waals surface area contributed by atoms with Gasteiger partial charge in [-0.1, -0.05) is 12.1 Å². The van der Waals surface area contributed by atoms with Gasteiger partial charge >= 0.3 is 5.97 Å². The number of aromatic nitrogens is 3. The van der Waals surface area contributed by atoms with Crippen molar-refractivity contribution in [1.29, 1.82) is 0 Å². The Bertz CT molecular complexity index is 750. The number of aromatic carboxylic acids is 1. The maximum atomic E-state index is 13.1. The molecule has 90 valence electrons. The number of nitrogens with zero attached hydrogens (tertiary/aromatic N) is 3. The van der Waals surface area contributed by atoms with Crippen molar-refractivity contribution in [2.24, 2.45) is 0 Å². The van der Waals surface area contributed by atoms with Gasteiger partial charge in [0.2, 0.25) is 4.96 Å². The summed E-state index contributed by atoms with van der Waals surface area (Å²) in [6, 6.07) is 5.85. The molecule has 2 aromatic heterocycles. The molecule has 5 nitrogen and oxygen atoms in total. The normalized spacial score (nSPS) is 10.9. The minimum absolute atomic E-state index is 0.0464. The zero-order valence-corrected chi connectivity index (χ0v) is 9.69. The van der Waals surface area contributed by atoms with E-state index in [-0.39, 0.29) is 11.5 Å². The predicted molar refractivity (Wildman–Crippen MR) is 63.2 cm³/mol. The van der Waals surface area contributed by atoms with Gasteiger partial charge in [0.1, 0.15) is 5.82 Å². The fraction of sp³-hybridized carbons (Fsp3) is 0. The Kier molecular flexibility index (Phi) is 2.34. The van der Waals surface area contributed by atoms with Gasteiger partial charge in [-0.05, 0) is 12.1 Å². The lowest BCUT2D eigenvalue weighted by Gasteiger charge is -1.94. The molecule has 0 fully saturated rings. The van der Waals surface area contributed by atoms with Crippen molar-refractivity contribution in [3.8, 4) is 11.4 Å². The molecule has 2 heterocycles. The first-order valence-corrected chi connectivity index (χ1v) is 5.86. The van der Waals surface area contributed by atoms with Gasteiger partial charge in [-0.15, -0.1) is 16.4 Å². The molecule has 0 aliphatic carbocycles. The lowest BCUT2D eigenvalue weighted by atomic mass is 10.2. The minimum atomic E-state index is -1.07. The summed E-state index contributed by atoms with van der Waals surface area (Å²) in [6.07, 6.45) is 0. The third kappa shape index (κ3) is 1.65. The maximum Gasteiger partial charge on any atom is 0.355 e. The average molecular weight is 263 g/mol. The molecule has 7 heteroatoms. The number of fused-ring (bicyclic) bond motifs is 1. The molecule has 0 radical (unpaired) electrons. The van der Waals surface area contributed by atoms with E-state index < -0.39 is 5.97 Å². The van der Waals surface area contributed by atoms with E-state index >= 15 is 0 Å². The van der Waals surface area contributed by atoms with Crippen LogP contribution >= 0.6 is 11.3 Å². The van der Waals surface area contributed by atoms with Crippen LogP contribution in [0.5, 0.6) is 0 Å². The Hall–Kier alpha value is -2.28. The molecule has 0 spiro atoms. The molecule has 0 bridgehead atoms. The van der Waals surface area contributed by atoms with Gasteiger partial charge in [-0.25, -0.2) is 9.18 Å². The van der Waals surface area contributed by atoms with Crippen LogP contribution in [0.25, 0.3) is 16.3 Å². The summed E-state index contributed by atoms with van der Waals surface area (Å²) in [5.41, 5.74) is 0.562. The number of carboxylic acids is 1. The highest BCUT2D eigenvalue weighted by atomic mass is 32.1. The molecule has 0 saturated heterocycles. The number of rotatable bonds is 2. The molecule has 0 aliphatic heterocycles. The van der Waals surface area contributed by atoms with Crippen molar-refractivity contribution in [2.75, 3.05) is 0 Å². The van der Waals surface area contributed by atoms with Gasteiger partial charge in [-0.3, -0.25) is 0 Å².